The number of aromatic nitrogens is 2. The van der Waals surface area contributed by atoms with Crippen molar-refractivity contribution in [1.82, 2.24) is 20.0 Å². The maximum absolute atomic E-state index is 13.4. The quantitative estimate of drug-likeness (QED) is 0.742. The Morgan fingerprint density at radius 1 is 0.966 bits per heavy atom. The third kappa shape index (κ3) is 3.70. The highest BCUT2D eigenvalue weighted by Gasteiger charge is 2.37. The van der Waals surface area contributed by atoms with Crippen molar-refractivity contribution >= 4 is 5.91 Å². The SMILES string of the molecule is O=C(c1cn[nH]c1-c1ccccc1)N1C[C@@H]2CC[C@H](C1)N(Cc1ccccc1)C2. The standard InChI is InChI=1S/C24H26N4O/c29-24(22-13-25-26-23(22)20-9-5-2-6-10-20)28-16-19-11-12-21(17-28)27(15-19)14-18-7-3-1-4-8-18/h1-10,13,19,21H,11-12,14-17H2,(H,25,26)/t19-,21-/m1/s1. The molecule has 0 spiro atoms. The molecular formula is C24H26N4O. The predicted octanol–water partition coefficient (Wildman–Crippen LogP) is 3.81. The molecule has 1 amide bonds. The summed E-state index contributed by atoms with van der Waals surface area (Å²) in [5.74, 6) is 0.629. The zero-order chi connectivity index (χ0) is 19.6. The third-order valence-electron chi connectivity index (χ3n) is 6.27. The number of fused-ring (bicyclic) bond motifs is 4. The van der Waals surface area contributed by atoms with Crippen molar-refractivity contribution in [2.24, 2.45) is 5.92 Å². The van der Waals surface area contributed by atoms with Crippen molar-refractivity contribution < 1.29 is 4.79 Å². The van der Waals surface area contributed by atoms with Crippen LogP contribution in [0.3, 0.4) is 0 Å². The summed E-state index contributed by atoms with van der Waals surface area (Å²) in [5, 5.41) is 7.21. The second-order valence-electron chi connectivity index (χ2n) is 8.25. The van der Waals surface area contributed by atoms with Crippen LogP contribution in [0.15, 0.2) is 66.9 Å². The molecule has 0 aliphatic carbocycles. The largest absolute Gasteiger partial charge is 0.337 e. The lowest BCUT2D eigenvalue weighted by Gasteiger charge is -2.36. The van der Waals surface area contributed by atoms with Gasteiger partial charge in [0, 0.05) is 37.8 Å². The van der Waals surface area contributed by atoms with Crippen LogP contribution in [0.5, 0.6) is 0 Å². The van der Waals surface area contributed by atoms with Gasteiger partial charge in [-0.3, -0.25) is 14.8 Å². The number of aromatic amines is 1. The van der Waals surface area contributed by atoms with E-state index in [0.717, 1.165) is 43.9 Å². The van der Waals surface area contributed by atoms with Gasteiger partial charge in [-0.15, -0.1) is 0 Å². The summed E-state index contributed by atoms with van der Waals surface area (Å²) < 4.78 is 0. The molecule has 0 unspecified atom stereocenters. The number of hydrogen-bond acceptors (Lipinski definition) is 3. The van der Waals surface area contributed by atoms with Crippen LogP contribution in [-0.4, -0.2) is 51.6 Å². The minimum absolute atomic E-state index is 0.0936. The summed E-state index contributed by atoms with van der Waals surface area (Å²) in [6.45, 7) is 3.66. The third-order valence-corrected chi connectivity index (χ3v) is 6.27. The maximum Gasteiger partial charge on any atom is 0.257 e. The molecule has 1 aromatic heterocycles. The van der Waals surface area contributed by atoms with Crippen LogP contribution in [-0.2, 0) is 6.54 Å². The van der Waals surface area contributed by atoms with E-state index in [2.05, 4.69) is 50.3 Å². The summed E-state index contributed by atoms with van der Waals surface area (Å²) in [4.78, 5) is 18.1. The molecule has 6 rings (SSSR count). The van der Waals surface area contributed by atoms with Gasteiger partial charge >= 0.3 is 0 Å². The van der Waals surface area contributed by atoms with Crippen LogP contribution >= 0.6 is 0 Å². The van der Waals surface area contributed by atoms with E-state index in [0.29, 0.717) is 17.5 Å². The Bertz CT molecular complexity index is 969. The molecule has 4 heterocycles. The number of amides is 1. The van der Waals surface area contributed by atoms with Gasteiger partial charge in [0.25, 0.3) is 5.91 Å². The molecule has 3 aromatic rings. The fourth-order valence-corrected chi connectivity index (χ4v) is 4.80. The maximum atomic E-state index is 13.4. The molecular weight excluding hydrogens is 360 g/mol. The highest BCUT2D eigenvalue weighted by Crippen LogP contribution is 2.31. The number of hydrogen-bond donors (Lipinski definition) is 1. The molecule has 2 bridgehead atoms. The first-order valence-electron chi connectivity index (χ1n) is 10.4. The zero-order valence-corrected chi connectivity index (χ0v) is 16.5. The average molecular weight is 386 g/mol. The molecule has 1 N–H and O–H groups in total. The van der Waals surface area contributed by atoms with Gasteiger partial charge in [-0.2, -0.15) is 5.10 Å². The van der Waals surface area contributed by atoms with E-state index in [1.807, 2.05) is 30.3 Å². The number of nitrogens with zero attached hydrogens (tertiary/aromatic N) is 3. The molecule has 3 aliphatic heterocycles. The van der Waals surface area contributed by atoms with Crippen molar-refractivity contribution in [3.05, 3.63) is 78.0 Å². The topological polar surface area (TPSA) is 52.2 Å². The number of benzene rings is 2. The molecule has 2 aromatic carbocycles. The first-order chi connectivity index (χ1) is 14.3. The highest BCUT2D eigenvalue weighted by atomic mass is 16.2. The van der Waals surface area contributed by atoms with Crippen molar-refractivity contribution in [2.75, 3.05) is 19.6 Å². The summed E-state index contributed by atoms with van der Waals surface area (Å²) in [6.07, 6.45) is 4.05. The molecule has 3 fully saturated rings. The molecule has 2 atom stereocenters. The minimum atomic E-state index is 0.0936. The zero-order valence-electron chi connectivity index (χ0n) is 16.5. The average Bonchev–Trinajstić information content (AvgIpc) is 3.08. The van der Waals surface area contributed by atoms with Crippen LogP contribution < -0.4 is 0 Å². The van der Waals surface area contributed by atoms with Gasteiger partial charge in [0.05, 0.1) is 17.5 Å². The highest BCUT2D eigenvalue weighted by molar-refractivity contribution is 5.99. The Balaban J connectivity index is 1.36. The second kappa shape index (κ2) is 7.84. The summed E-state index contributed by atoms with van der Waals surface area (Å²) in [6, 6.07) is 21.0. The van der Waals surface area contributed by atoms with Crippen LogP contribution in [0.4, 0.5) is 0 Å². The Morgan fingerprint density at radius 3 is 2.52 bits per heavy atom. The molecule has 3 saturated heterocycles. The molecule has 5 heteroatoms. The van der Waals surface area contributed by atoms with Crippen LogP contribution in [0.2, 0.25) is 0 Å². The van der Waals surface area contributed by atoms with E-state index in [1.165, 1.54) is 12.0 Å². The van der Waals surface area contributed by atoms with E-state index < -0.39 is 0 Å². The molecule has 5 nitrogen and oxygen atoms in total. The molecule has 0 radical (unpaired) electrons. The van der Waals surface area contributed by atoms with Gasteiger partial charge in [0.2, 0.25) is 0 Å². The van der Waals surface area contributed by atoms with Crippen LogP contribution in [0, 0.1) is 5.92 Å². The molecule has 29 heavy (non-hydrogen) atoms. The van der Waals surface area contributed by atoms with Crippen molar-refractivity contribution in [3.63, 3.8) is 0 Å². The number of rotatable bonds is 4. The van der Waals surface area contributed by atoms with E-state index in [1.54, 1.807) is 6.20 Å². The number of H-pyrrole nitrogens is 1. The Morgan fingerprint density at radius 2 is 1.72 bits per heavy atom. The van der Waals surface area contributed by atoms with E-state index in [4.69, 9.17) is 0 Å². The first kappa shape index (κ1) is 18.1. The fraction of sp³-hybridized carbons (Fsp3) is 0.333. The van der Waals surface area contributed by atoms with Gasteiger partial charge in [0.15, 0.2) is 0 Å². The van der Waals surface area contributed by atoms with E-state index >= 15 is 0 Å². The van der Waals surface area contributed by atoms with Gasteiger partial charge in [-0.1, -0.05) is 60.7 Å². The number of nitrogens with one attached hydrogen (secondary N) is 1. The minimum Gasteiger partial charge on any atom is -0.337 e. The van der Waals surface area contributed by atoms with Crippen LogP contribution in [0.1, 0.15) is 28.8 Å². The number of carbonyl (C=O) groups is 1. The van der Waals surface area contributed by atoms with E-state index in [9.17, 15) is 4.79 Å². The van der Waals surface area contributed by atoms with Crippen molar-refractivity contribution in [2.45, 2.75) is 25.4 Å². The number of piperidine rings is 1. The lowest BCUT2D eigenvalue weighted by atomic mass is 9.94. The molecule has 3 aliphatic rings. The van der Waals surface area contributed by atoms with Gasteiger partial charge < -0.3 is 4.90 Å². The number of carbonyl (C=O) groups excluding carboxylic acids is 1. The summed E-state index contributed by atoms with van der Waals surface area (Å²) >= 11 is 0. The van der Waals surface area contributed by atoms with Gasteiger partial charge in [0.1, 0.15) is 0 Å². The summed E-state index contributed by atoms with van der Waals surface area (Å²) in [5.41, 5.74) is 3.83. The van der Waals surface area contributed by atoms with Gasteiger partial charge in [-0.05, 0) is 24.3 Å². The predicted molar refractivity (Wildman–Crippen MR) is 113 cm³/mol. The lowest BCUT2D eigenvalue weighted by Crippen LogP contribution is -2.43. The normalized spacial score (nSPS) is 21.9. The fourth-order valence-electron chi connectivity index (χ4n) is 4.80. The Labute approximate surface area is 171 Å². The molecule has 148 valence electrons. The Hall–Kier alpha value is -2.92. The monoisotopic (exact) mass is 386 g/mol. The van der Waals surface area contributed by atoms with Crippen LogP contribution in [0.25, 0.3) is 11.3 Å². The smallest absolute Gasteiger partial charge is 0.257 e. The lowest BCUT2D eigenvalue weighted by molar-refractivity contribution is 0.0737. The van der Waals surface area contributed by atoms with Crippen molar-refractivity contribution in [1.29, 1.82) is 0 Å². The second-order valence-corrected chi connectivity index (χ2v) is 8.25. The Kier molecular flexibility index (Phi) is 4.90. The first-order valence-corrected chi connectivity index (χ1v) is 10.4. The summed E-state index contributed by atoms with van der Waals surface area (Å²) in [7, 11) is 0. The van der Waals surface area contributed by atoms with E-state index in [-0.39, 0.29) is 5.91 Å². The van der Waals surface area contributed by atoms with Gasteiger partial charge in [-0.25, -0.2) is 0 Å². The molecule has 0 saturated carbocycles. The van der Waals surface area contributed by atoms with Crippen molar-refractivity contribution in [3.8, 4) is 11.3 Å².